The third-order valence-corrected chi connectivity index (χ3v) is 3.59. The lowest BCUT2D eigenvalue weighted by Gasteiger charge is -2.39. The number of pyridine rings is 1. The summed E-state index contributed by atoms with van der Waals surface area (Å²) in [5.74, 6) is 0.898. The van der Waals surface area contributed by atoms with Crippen LogP contribution in [-0.4, -0.2) is 48.0 Å². The Morgan fingerprint density at radius 2 is 2.10 bits per heavy atom. The molecule has 1 saturated carbocycles. The van der Waals surface area contributed by atoms with Crippen LogP contribution in [0.3, 0.4) is 0 Å². The number of aliphatic hydroxyl groups excluding tert-OH is 1. The maximum atomic E-state index is 8.93. The van der Waals surface area contributed by atoms with E-state index in [9.17, 15) is 0 Å². The highest BCUT2D eigenvalue weighted by Crippen LogP contribution is 2.29. The molecule has 1 heterocycles. The molecule has 5 heteroatoms. The van der Waals surface area contributed by atoms with Gasteiger partial charge in [0.2, 0.25) is 0 Å². The van der Waals surface area contributed by atoms with E-state index in [4.69, 9.17) is 9.84 Å². The van der Waals surface area contributed by atoms with Crippen molar-refractivity contribution < 1.29 is 9.84 Å². The zero-order valence-electron chi connectivity index (χ0n) is 13.5. The molecule has 1 aliphatic carbocycles. The third kappa shape index (κ3) is 4.86. The van der Waals surface area contributed by atoms with Gasteiger partial charge in [-0.15, -0.1) is 0 Å². The predicted molar refractivity (Wildman–Crippen MR) is 85.9 cm³/mol. The minimum absolute atomic E-state index is 0.0627. The number of aromatic nitrogens is 1. The van der Waals surface area contributed by atoms with Gasteiger partial charge in [-0.3, -0.25) is 0 Å². The van der Waals surface area contributed by atoms with E-state index < -0.39 is 0 Å². The predicted octanol–water partition coefficient (Wildman–Crippen LogP) is 2.27. The van der Waals surface area contributed by atoms with Crippen molar-refractivity contribution in [1.82, 2.24) is 4.98 Å². The molecule has 0 radical (unpaired) electrons. The summed E-state index contributed by atoms with van der Waals surface area (Å²) in [5.41, 5.74) is 0.949. The zero-order chi connectivity index (χ0) is 15.5. The lowest BCUT2D eigenvalue weighted by molar-refractivity contribution is -0.0953. The molecular formula is C16H27N3O2. The van der Waals surface area contributed by atoms with Crippen LogP contribution in [0.5, 0.6) is 0 Å². The van der Waals surface area contributed by atoms with E-state index in [0.717, 1.165) is 24.3 Å². The van der Waals surface area contributed by atoms with E-state index in [2.05, 4.69) is 31.1 Å². The summed E-state index contributed by atoms with van der Waals surface area (Å²) in [7, 11) is 1.95. The Labute approximate surface area is 127 Å². The second-order valence-corrected chi connectivity index (χ2v) is 6.71. The molecule has 1 aliphatic rings. The Morgan fingerprint density at radius 1 is 1.38 bits per heavy atom. The molecule has 0 aromatic carbocycles. The molecule has 2 rings (SSSR count). The van der Waals surface area contributed by atoms with Gasteiger partial charge in [-0.2, -0.15) is 0 Å². The Balaban J connectivity index is 1.78. The number of ether oxygens (including phenoxy) is 1. The Bertz CT molecular complexity index is 436. The molecule has 0 bridgehead atoms. The minimum Gasteiger partial charge on any atom is -0.395 e. The molecule has 1 aromatic heterocycles. The average Bonchev–Trinajstić information content (AvgIpc) is 2.36. The first-order valence-electron chi connectivity index (χ1n) is 7.60. The molecule has 0 saturated heterocycles. The van der Waals surface area contributed by atoms with Gasteiger partial charge in [-0.25, -0.2) is 4.98 Å². The molecule has 0 amide bonds. The van der Waals surface area contributed by atoms with Crippen LogP contribution in [0, 0.1) is 0 Å². The Hall–Kier alpha value is -1.33. The van der Waals surface area contributed by atoms with E-state index in [0.29, 0.717) is 18.7 Å². The molecule has 21 heavy (non-hydrogen) atoms. The minimum atomic E-state index is -0.0627. The molecular weight excluding hydrogens is 266 g/mol. The van der Waals surface area contributed by atoms with Crippen LogP contribution in [0.15, 0.2) is 18.3 Å². The van der Waals surface area contributed by atoms with Gasteiger partial charge in [0.25, 0.3) is 0 Å². The fourth-order valence-electron chi connectivity index (χ4n) is 2.47. The number of anilines is 2. The standard InChI is InChI=1S/C16H27N3O2/c1-16(2,3)21-14-9-12(10-14)18-15-6-5-13(11-17-15)19(4)7-8-20/h5-6,11-12,14,20H,7-10H2,1-4H3,(H,17,18). The highest BCUT2D eigenvalue weighted by atomic mass is 16.5. The van der Waals surface area contributed by atoms with Crippen molar-refractivity contribution in [3.8, 4) is 0 Å². The summed E-state index contributed by atoms with van der Waals surface area (Å²) in [5, 5.41) is 12.4. The van der Waals surface area contributed by atoms with E-state index in [1.807, 2.05) is 30.3 Å². The first kappa shape index (κ1) is 16.0. The molecule has 5 nitrogen and oxygen atoms in total. The first-order chi connectivity index (χ1) is 9.87. The molecule has 0 aliphatic heterocycles. The van der Waals surface area contributed by atoms with Crippen molar-refractivity contribution in [2.75, 3.05) is 30.4 Å². The number of rotatable bonds is 6. The summed E-state index contributed by atoms with van der Waals surface area (Å²) in [6.07, 6.45) is 4.26. The van der Waals surface area contributed by atoms with E-state index in [-0.39, 0.29) is 12.2 Å². The lowest BCUT2D eigenvalue weighted by atomic mass is 9.88. The third-order valence-electron chi connectivity index (χ3n) is 3.59. The van der Waals surface area contributed by atoms with Gasteiger partial charge in [0.05, 0.1) is 30.2 Å². The van der Waals surface area contributed by atoms with Crippen LogP contribution in [0.4, 0.5) is 11.5 Å². The van der Waals surface area contributed by atoms with Crippen LogP contribution in [0.25, 0.3) is 0 Å². The van der Waals surface area contributed by atoms with Crippen molar-refractivity contribution >= 4 is 11.5 Å². The molecule has 0 spiro atoms. The monoisotopic (exact) mass is 293 g/mol. The summed E-state index contributed by atoms with van der Waals surface area (Å²) in [4.78, 5) is 6.41. The molecule has 118 valence electrons. The SMILES string of the molecule is CN(CCO)c1ccc(NC2CC(OC(C)(C)C)C2)nc1. The highest BCUT2D eigenvalue weighted by Gasteiger charge is 2.32. The van der Waals surface area contributed by atoms with Crippen LogP contribution in [-0.2, 0) is 4.74 Å². The van der Waals surface area contributed by atoms with Crippen molar-refractivity contribution in [3.05, 3.63) is 18.3 Å². The maximum absolute atomic E-state index is 8.93. The molecule has 1 fully saturated rings. The first-order valence-corrected chi connectivity index (χ1v) is 7.60. The number of nitrogens with zero attached hydrogens (tertiary/aromatic N) is 2. The fourth-order valence-corrected chi connectivity index (χ4v) is 2.47. The van der Waals surface area contributed by atoms with Crippen molar-refractivity contribution in [2.24, 2.45) is 0 Å². The largest absolute Gasteiger partial charge is 0.395 e. The second-order valence-electron chi connectivity index (χ2n) is 6.71. The van der Waals surface area contributed by atoms with Gasteiger partial charge >= 0.3 is 0 Å². The highest BCUT2D eigenvalue weighted by molar-refractivity contribution is 5.49. The number of aliphatic hydroxyl groups is 1. The summed E-state index contributed by atoms with van der Waals surface area (Å²) in [6, 6.07) is 4.46. The topological polar surface area (TPSA) is 57.6 Å². The molecule has 0 unspecified atom stereocenters. The van der Waals surface area contributed by atoms with Gasteiger partial charge in [-0.05, 0) is 45.7 Å². The smallest absolute Gasteiger partial charge is 0.126 e. The molecule has 1 aromatic rings. The van der Waals surface area contributed by atoms with E-state index in [1.54, 1.807) is 0 Å². The van der Waals surface area contributed by atoms with Gasteiger partial charge in [0.1, 0.15) is 5.82 Å². The maximum Gasteiger partial charge on any atom is 0.126 e. The number of nitrogens with one attached hydrogen (secondary N) is 1. The van der Waals surface area contributed by atoms with Crippen LogP contribution in [0.2, 0.25) is 0 Å². The van der Waals surface area contributed by atoms with Gasteiger partial charge < -0.3 is 20.1 Å². The van der Waals surface area contributed by atoms with Crippen molar-refractivity contribution in [1.29, 1.82) is 0 Å². The van der Waals surface area contributed by atoms with Gasteiger partial charge in [-0.1, -0.05) is 0 Å². The number of likely N-dealkylation sites (N-methyl/N-ethyl adjacent to an activating group) is 1. The normalized spacial score (nSPS) is 21.8. The van der Waals surface area contributed by atoms with E-state index >= 15 is 0 Å². The summed E-state index contributed by atoms with van der Waals surface area (Å²) in [6.45, 7) is 7.04. The van der Waals surface area contributed by atoms with Crippen LogP contribution in [0.1, 0.15) is 33.6 Å². The molecule has 0 atom stereocenters. The van der Waals surface area contributed by atoms with Gasteiger partial charge in [0.15, 0.2) is 0 Å². The van der Waals surface area contributed by atoms with Crippen molar-refractivity contribution in [2.45, 2.75) is 51.4 Å². The lowest BCUT2D eigenvalue weighted by Crippen LogP contribution is -2.44. The van der Waals surface area contributed by atoms with Gasteiger partial charge in [0, 0.05) is 19.6 Å². The Morgan fingerprint density at radius 3 is 2.62 bits per heavy atom. The van der Waals surface area contributed by atoms with Crippen LogP contribution >= 0.6 is 0 Å². The summed E-state index contributed by atoms with van der Waals surface area (Å²) < 4.78 is 5.93. The van der Waals surface area contributed by atoms with E-state index in [1.165, 1.54) is 0 Å². The van der Waals surface area contributed by atoms with Crippen LogP contribution < -0.4 is 10.2 Å². The number of hydrogen-bond acceptors (Lipinski definition) is 5. The summed E-state index contributed by atoms with van der Waals surface area (Å²) >= 11 is 0. The average molecular weight is 293 g/mol. The quantitative estimate of drug-likeness (QED) is 0.842. The molecule has 2 N–H and O–H groups in total. The second kappa shape index (κ2) is 6.62. The van der Waals surface area contributed by atoms with Crippen molar-refractivity contribution in [3.63, 3.8) is 0 Å². The number of hydrogen-bond donors (Lipinski definition) is 2. The fraction of sp³-hybridized carbons (Fsp3) is 0.688. The zero-order valence-corrected chi connectivity index (χ0v) is 13.5. The Kier molecular flexibility index (Phi) is 5.06.